The minimum Gasteiger partial charge on any atom is -0.497 e. The number of methoxy groups -OCH3 is 2. The molecule has 0 amide bonds. The van der Waals surface area contributed by atoms with Crippen LogP contribution in [0.5, 0.6) is 11.5 Å². The lowest BCUT2D eigenvalue weighted by Crippen LogP contribution is -2.37. The van der Waals surface area contributed by atoms with Crippen LogP contribution in [0.25, 0.3) is 0 Å². The fourth-order valence-corrected chi connectivity index (χ4v) is 2.86. The van der Waals surface area contributed by atoms with Gasteiger partial charge in [0.15, 0.2) is 5.96 Å². The molecule has 0 saturated heterocycles. The van der Waals surface area contributed by atoms with Crippen LogP contribution in [-0.2, 0) is 13.0 Å². The van der Waals surface area contributed by atoms with Crippen molar-refractivity contribution < 1.29 is 9.47 Å². The van der Waals surface area contributed by atoms with E-state index < -0.39 is 0 Å². The number of hydrogen-bond donors (Lipinski definition) is 2. The van der Waals surface area contributed by atoms with Crippen molar-refractivity contribution in [3.8, 4) is 11.5 Å². The van der Waals surface area contributed by atoms with Gasteiger partial charge in [-0.3, -0.25) is 4.99 Å². The van der Waals surface area contributed by atoms with Gasteiger partial charge in [0.1, 0.15) is 11.5 Å². The monoisotopic (exact) mass is 333 g/mol. The lowest BCUT2D eigenvalue weighted by molar-refractivity contribution is 0.398. The molecule has 2 rings (SSSR count). The van der Waals surface area contributed by atoms with E-state index in [0.29, 0.717) is 0 Å². The second kappa shape index (κ2) is 9.05. The van der Waals surface area contributed by atoms with Crippen LogP contribution < -0.4 is 20.1 Å². The van der Waals surface area contributed by atoms with E-state index in [1.165, 1.54) is 5.56 Å². The lowest BCUT2D eigenvalue weighted by atomic mass is 10.1. The van der Waals surface area contributed by atoms with E-state index in [1.54, 1.807) is 32.6 Å². The van der Waals surface area contributed by atoms with Gasteiger partial charge in [0.05, 0.1) is 14.2 Å². The molecule has 0 radical (unpaired) electrons. The highest BCUT2D eigenvalue weighted by molar-refractivity contribution is 7.07. The van der Waals surface area contributed by atoms with Gasteiger partial charge in [0.2, 0.25) is 0 Å². The summed E-state index contributed by atoms with van der Waals surface area (Å²) < 4.78 is 10.7. The standard InChI is InChI=1S/C17H23N3O2S/c1-18-17(20-11-13-7-9-23-12-13)19-8-6-14-10-15(21-2)4-5-16(14)22-3/h4-5,7,9-10,12H,6,8,11H2,1-3H3,(H2,18,19,20). The third kappa shape index (κ3) is 5.17. The average Bonchev–Trinajstić information content (AvgIpc) is 3.11. The second-order valence-corrected chi connectivity index (χ2v) is 5.69. The van der Waals surface area contributed by atoms with E-state index in [9.17, 15) is 0 Å². The van der Waals surface area contributed by atoms with Crippen LogP contribution in [-0.4, -0.2) is 33.8 Å². The predicted molar refractivity (Wildman–Crippen MR) is 95.8 cm³/mol. The first-order valence-electron chi connectivity index (χ1n) is 7.43. The van der Waals surface area contributed by atoms with Crippen molar-refractivity contribution in [3.63, 3.8) is 0 Å². The molecule has 0 unspecified atom stereocenters. The number of hydrogen-bond acceptors (Lipinski definition) is 4. The minimum absolute atomic E-state index is 0.757. The fraction of sp³-hybridized carbons (Fsp3) is 0.353. The zero-order chi connectivity index (χ0) is 16.5. The summed E-state index contributed by atoms with van der Waals surface area (Å²) in [4.78, 5) is 4.24. The molecule has 0 aliphatic rings. The molecule has 1 heterocycles. The first-order chi connectivity index (χ1) is 11.3. The summed E-state index contributed by atoms with van der Waals surface area (Å²) in [5, 5.41) is 10.8. The topological polar surface area (TPSA) is 54.9 Å². The summed E-state index contributed by atoms with van der Waals surface area (Å²) in [6.45, 7) is 1.53. The summed E-state index contributed by atoms with van der Waals surface area (Å²) >= 11 is 1.70. The van der Waals surface area contributed by atoms with Crippen molar-refractivity contribution in [3.05, 3.63) is 46.2 Å². The van der Waals surface area contributed by atoms with Crippen molar-refractivity contribution in [2.75, 3.05) is 27.8 Å². The number of benzene rings is 1. The first-order valence-corrected chi connectivity index (χ1v) is 8.37. The maximum Gasteiger partial charge on any atom is 0.191 e. The van der Waals surface area contributed by atoms with Gasteiger partial charge < -0.3 is 20.1 Å². The highest BCUT2D eigenvalue weighted by atomic mass is 32.1. The Hall–Kier alpha value is -2.21. The van der Waals surface area contributed by atoms with Crippen molar-refractivity contribution in [2.45, 2.75) is 13.0 Å². The molecule has 0 fully saturated rings. The van der Waals surface area contributed by atoms with E-state index in [2.05, 4.69) is 32.5 Å². The SMILES string of the molecule is CN=C(NCCc1cc(OC)ccc1OC)NCc1ccsc1. The fourth-order valence-electron chi connectivity index (χ4n) is 2.19. The summed E-state index contributed by atoms with van der Waals surface area (Å²) in [5.41, 5.74) is 2.36. The predicted octanol–water partition coefficient (Wildman–Crippen LogP) is 2.67. The highest BCUT2D eigenvalue weighted by Crippen LogP contribution is 2.24. The molecule has 1 aromatic carbocycles. The van der Waals surface area contributed by atoms with Gasteiger partial charge in [-0.25, -0.2) is 0 Å². The molecule has 0 aliphatic carbocycles. The summed E-state index contributed by atoms with van der Waals surface area (Å²) in [6, 6.07) is 7.93. The Morgan fingerprint density at radius 3 is 2.70 bits per heavy atom. The minimum atomic E-state index is 0.757. The molecule has 124 valence electrons. The normalized spacial score (nSPS) is 11.2. The van der Waals surface area contributed by atoms with Crippen molar-refractivity contribution in [1.29, 1.82) is 0 Å². The average molecular weight is 333 g/mol. The molecule has 0 aliphatic heterocycles. The Bertz CT molecular complexity index is 627. The van der Waals surface area contributed by atoms with E-state index in [4.69, 9.17) is 9.47 Å². The van der Waals surface area contributed by atoms with Crippen molar-refractivity contribution in [1.82, 2.24) is 10.6 Å². The van der Waals surface area contributed by atoms with Gasteiger partial charge in [-0.05, 0) is 52.6 Å². The number of nitrogens with zero attached hydrogens (tertiary/aromatic N) is 1. The first kappa shape index (κ1) is 17.1. The largest absolute Gasteiger partial charge is 0.497 e. The molecule has 1 aromatic heterocycles. The Morgan fingerprint density at radius 1 is 1.17 bits per heavy atom. The number of thiophene rings is 1. The Kier molecular flexibility index (Phi) is 6.75. The molecule has 2 N–H and O–H groups in total. The summed E-state index contributed by atoms with van der Waals surface area (Å²) in [5.74, 6) is 2.49. The van der Waals surface area contributed by atoms with E-state index in [1.807, 2.05) is 18.2 Å². The van der Waals surface area contributed by atoms with Crippen LogP contribution >= 0.6 is 11.3 Å². The Morgan fingerprint density at radius 2 is 2.04 bits per heavy atom. The Labute approximate surface area is 141 Å². The zero-order valence-corrected chi connectivity index (χ0v) is 14.6. The van der Waals surface area contributed by atoms with Gasteiger partial charge in [0.25, 0.3) is 0 Å². The molecule has 0 bridgehead atoms. The number of rotatable bonds is 7. The number of guanidine groups is 1. The molecule has 0 saturated carbocycles. The van der Waals surface area contributed by atoms with E-state index in [0.717, 1.165) is 42.5 Å². The third-order valence-corrected chi connectivity index (χ3v) is 4.17. The van der Waals surface area contributed by atoms with Gasteiger partial charge >= 0.3 is 0 Å². The van der Waals surface area contributed by atoms with Crippen LogP contribution in [0.2, 0.25) is 0 Å². The number of nitrogens with one attached hydrogen (secondary N) is 2. The number of aliphatic imine (C=N–C) groups is 1. The van der Waals surface area contributed by atoms with Crippen molar-refractivity contribution >= 4 is 17.3 Å². The molecule has 5 nitrogen and oxygen atoms in total. The summed E-state index contributed by atoms with van der Waals surface area (Å²) in [6.07, 6.45) is 0.819. The maximum absolute atomic E-state index is 5.40. The summed E-state index contributed by atoms with van der Waals surface area (Å²) in [7, 11) is 5.12. The highest BCUT2D eigenvalue weighted by Gasteiger charge is 2.06. The second-order valence-electron chi connectivity index (χ2n) is 4.91. The molecular formula is C17H23N3O2S. The van der Waals surface area contributed by atoms with Crippen LogP contribution in [0.1, 0.15) is 11.1 Å². The Balaban J connectivity index is 1.85. The van der Waals surface area contributed by atoms with Crippen LogP contribution in [0.4, 0.5) is 0 Å². The molecule has 0 atom stereocenters. The molecular weight excluding hydrogens is 310 g/mol. The van der Waals surface area contributed by atoms with E-state index >= 15 is 0 Å². The lowest BCUT2D eigenvalue weighted by Gasteiger charge is -2.13. The number of ether oxygens (including phenoxy) is 2. The quantitative estimate of drug-likeness (QED) is 0.604. The van der Waals surface area contributed by atoms with Gasteiger partial charge in [-0.1, -0.05) is 0 Å². The van der Waals surface area contributed by atoms with Gasteiger partial charge in [0, 0.05) is 20.1 Å². The molecule has 23 heavy (non-hydrogen) atoms. The third-order valence-electron chi connectivity index (χ3n) is 3.44. The smallest absolute Gasteiger partial charge is 0.191 e. The van der Waals surface area contributed by atoms with Crippen LogP contribution in [0, 0.1) is 0 Å². The molecule has 6 heteroatoms. The van der Waals surface area contributed by atoms with Crippen LogP contribution in [0.15, 0.2) is 40.0 Å². The maximum atomic E-state index is 5.40. The zero-order valence-electron chi connectivity index (χ0n) is 13.8. The van der Waals surface area contributed by atoms with Gasteiger partial charge in [-0.2, -0.15) is 11.3 Å². The molecule has 2 aromatic rings. The van der Waals surface area contributed by atoms with E-state index in [-0.39, 0.29) is 0 Å². The van der Waals surface area contributed by atoms with Crippen LogP contribution in [0.3, 0.4) is 0 Å². The molecule has 0 spiro atoms. The van der Waals surface area contributed by atoms with Gasteiger partial charge in [-0.15, -0.1) is 0 Å². The van der Waals surface area contributed by atoms with Crippen molar-refractivity contribution in [2.24, 2.45) is 4.99 Å².